The minimum absolute atomic E-state index is 0.508. The molecule has 0 atom stereocenters. The van der Waals surface area contributed by atoms with Crippen LogP contribution >= 0.6 is 0 Å². The molecule has 0 aliphatic rings. The summed E-state index contributed by atoms with van der Waals surface area (Å²) < 4.78 is 14.6. The van der Waals surface area contributed by atoms with Crippen LogP contribution in [0, 0.1) is 0 Å². The van der Waals surface area contributed by atoms with Gasteiger partial charge in [0.25, 0.3) is 0 Å². The summed E-state index contributed by atoms with van der Waals surface area (Å²) in [4.78, 5) is 0. The van der Waals surface area contributed by atoms with Crippen molar-refractivity contribution in [1.29, 1.82) is 0 Å². The minimum atomic E-state index is 0.508. The number of fused-ring (bicyclic) bond motifs is 1. The second-order valence-corrected chi connectivity index (χ2v) is 7.16. The largest absolute Gasteiger partial charge is 0.485 e. The average Bonchev–Trinajstić information content (AvgIpc) is 2.77. The fraction of sp³-hybridized carbons (Fsp3) is 0.192. The van der Waals surface area contributed by atoms with Crippen molar-refractivity contribution in [3.05, 3.63) is 102 Å². The number of aromatic nitrogens is 1. The van der Waals surface area contributed by atoms with E-state index in [1.54, 1.807) is 0 Å². The first-order valence-electron chi connectivity index (χ1n) is 10.0. The van der Waals surface area contributed by atoms with Crippen LogP contribution in [0.15, 0.2) is 85.1 Å². The van der Waals surface area contributed by atoms with E-state index in [0.29, 0.717) is 13.2 Å². The first kappa shape index (κ1) is 19.0. The molecule has 0 N–H and O–H groups in total. The Hall–Kier alpha value is -3.33. The monoisotopic (exact) mass is 384 g/mol. The van der Waals surface area contributed by atoms with Crippen molar-refractivity contribution in [2.75, 3.05) is 0 Å². The van der Waals surface area contributed by atoms with Crippen LogP contribution in [0.3, 0.4) is 0 Å². The summed E-state index contributed by atoms with van der Waals surface area (Å²) in [5, 5.41) is 2.36. The molecule has 0 aliphatic carbocycles. The number of nitrogens with zero attached hydrogens (tertiary/aromatic N) is 1. The van der Waals surface area contributed by atoms with Crippen LogP contribution in [0.4, 0.5) is 0 Å². The quantitative estimate of drug-likeness (QED) is 0.399. The fourth-order valence-electron chi connectivity index (χ4n) is 3.57. The van der Waals surface area contributed by atoms with Gasteiger partial charge in [0.05, 0.1) is 5.39 Å². The van der Waals surface area contributed by atoms with Gasteiger partial charge in [0.1, 0.15) is 20.3 Å². The highest BCUT2D eigenvalue weighted by Gasteiger charge is 2.15. The molecule has 0 radical (unpaired) electrons. The molecule has 4 rings (SSSR count). The van der Waals surface area contributed by atoms with Crippen molar-refractivity contribution in [2.24, 2.45) is 7.05 Å². The van der Waals surface area contributed by atoms with Gasteiger partial charge in [-0.3, -0.25) is 0 Å². The Labute approximate surface area is 172 Å². The molecule has 1 aromatic heterocycles. The highest BCUT2D eigenvalue weighted by Crippen LogP contribution is 2.34. The van der Waals surface area contributed by atoms with Crippen molar-refractivity contribution in [2.45, 2.75) is 26.6 Å². The van der Waals surface area contributed by atoms with Crippen LogP contribution in [-0.4, -0.2) is 0 Å². The second-order valence-electron chi connectivity index (χ2n) is 7.16. The molecule has 3 heteroatoms. The van der Waals surface area contributed by atoms with Gasteiger partial charge >= 0.3 is 0 Å². The number of pyridine rings is 1. The molecule has 0 amide bonds. The second kappa shape index (κ2) is 8.78. The van der Waals surface area contributed by atoms with Gasteiger partial charge in [-0.25, -0.2) is 4.57 Å². The Kier molecular flexibility index (Phi) is 5.76. The summed E-state index contributed by atoms with van der Waals surface area (Å²) in [6, 6.07) is 26.8. The number of benzene rings is 3. The van der Waals surface area contributed by atoms with Gasteiger partial charge in [-0.15, -0.1) is 0 Å². The SMILES string of the molecule is CCc1c2cc(OCc3ccccc3)c(OCc3ccccc3)cc2cc[n+]1C. The lowest BCUT2D eigenvalue weighted by molar-refractivity contribution is -0.677. The highest BCUT2D eigenvalue weighted by atomic mass is 16.5. The van der Waals surface area contributed by atoms with Crippen LogP contribution in [0.1, 0.15) is 23.7 Å². The fourth-order valence-corrected chi connectivity index (χ4v) is 3.57. The number of rotatable bonds is 7. The predicted octanol–water partition coefficient (Wildman–Crippen LogP) is 5.38. The topological polar surface area (TPSA) is 22.3 Å². The van der Waals surface area contributed by atoms with Crippen LogP contribution in [0.25, 0.3) is 10.8 Å². The summed E-state index contributed by atoms with van der Waals surface area (Å²) in [5.74, 6) is 1.55. The van der Waals surface area contributed by atoms with Crippen molar-refractivity contribution in [3.8, 4) is 11.5 Å². The first-order chi connectivity index (χ1) is 14.2. The molecule has 0 saturated heterocycles. The maximum absolute atomic E-state index is 6.22. The number of ether oxygens (including phenoxy) is 2. The van der Waals surface area contributed by atoms with E-state index in [1.807, 2.05) is 36.4 Å². The summed E-state index contributed by atoms with van der Waals surface area (Å²) in [6.45, 7) is 3.20. The van der Waals surface area contributed by atoms with Gasteiger partial charge in [0.15, 0.2) is 23.4 Å². The molecular formula is C26H26NO2+. The highest BCUT2D eigenvalue weighted by molar-refractivity contribution is 5.87. The third-order valence-electron chi connectivity index (χ3n) is 5.14. The Morgan fingerprint density at radius 3 is 1.83 bits per heavy atom. The van der Waals surface area contributed by atoms with Crippen molar-refractivity contribution in [3.63, 3.8) is 0 Å². The molecule has 0 spiro atoms. The smallest absolute Gasteiger partial charge is 0.188 e. The molecule has 29 heavy (non-hydrogen) atoms. The van der Waals surface area contributed by atoms with Crippen LogP contribution < -0.4 is 14.0 Å². The molecule has 0 bridgehead atoms. The molecule has 0 saturated carbocycles. The van der Waals surface area contributed by atoms with Crippen LogP contribution in [-0.2, 0) is 26.7 Å². The molecule has 0 aliphatic heterocycles. The summed E-state index contributed by atoms with van der Waals surface area (Å²) in [6.07, 6.45) is 3.06. The van der Waals surface area contributed by atoms with Crippen molar-refractivity contribution in [1.82, 2.24) is 0 Å². The van der Waals surface area contributed by atoms with E-state index < -0.39 is 0 Å². The summed E-state index contributed by atoms with van der Waals surface area (Å²) >= 11 is 0. The number of aryl methyl sites for hydroxylation is 2. The molecule has 0 fully saturated rings. The normalized spacial score (nSPS) is 10.8. The van der Waals surface area contributed by atoms with Gasteiger partial charge in [-0.1, -0.05) is 67.6 Å². The Morgan fingerprint density at radius 1 is 0.724 bits per heavy atom. The standard InChI is InChI=1S/C26H26NO2/c1-3-24-23-17-26(29-19-21-12-8-5-9-13-21)25(16-22(23)14-15-27(24)2)28-18-20-10-6-4-7-11-20/h4-17H,3,18-19H2,1-2H3/q+1. The van der Waals surface area contributed by atoms with E-state index >= 15 is 0 Å². The molecule has 0 unspecified atom stereocenters. The molecular weight excluding hydrogens is 358 g/mol. The predicted molar refractivity (Wildman–Crippen MR) is 116 cm³/mol. The molecule has 146 valence electrons. The van der Waals surface area contributed by atoms with E-state index in [0.717, 1.165) is 34.4 Å². The van der Waals surface area contributed by atoms with Crippen molar-refractivity contribution < 1.29 is 14.0 Å². The zero-order valence-electron chi connectivity index (χ0n) is 17.0. The van der Waals surface area contributed by atoms with Crippen LogP contribution in [0.2, 0.25) is 0 Å². The third-order valence-corrected chi connectivity index (χ3v) is 5.14. The minimum Gasteiger partial charge on any atom is -0.485 e. The number of hydrogen-bond acceptors (Lipinski definition) is 2. The first-order valence-corrected chi connectivity index (χ1v) is 10.0. The lowest BCUT2D eigenvalue weighted by Crippen LogP contribution is -2.32. The maximum Gasteiger partial charge on any atom is 0.188 e. The van der Waals surface area contributed by atoms with Gasteiger partial charge in [-0.2, -0.15) is 0 Å². The third kappa shape index (κ3) is 4.40. The lowest BCUT2D eigenvalue weighted by atomic mass is 10.1. The van der Waals surface area contributed by atoms with Crippen molar-refractivity contribution >= 4 is 10.8 Å². The average molecular weight is 384 g/mol. The van der Waals surface area contributed by atoms with Gasteiger partial charge in [0.2, 0.25) is 0 Å². The van der Waals surface area contributed by atoms with Gasteiger partial charge < -0.3 is 9.47 Å². The zero-order valence-corrected chi connectivity index (χ0v) is 17.0. The Bertz CT molecular complexity index is 1090. The Morgan fingerprint density at radius 2 is 1.28 bits per heavy atom. The molecule has 4 aromatic rings. The number of hydrogen-bond donors (Lipinski definition) is 0. The van der Waals surface area contributed by atoms with Gasteiger partial charge in [0, 0.05) is 12.5 Å². The zero-order chi connectivity index (χ0) is 20.1. The maximum atomic E-state index is 6.22. The van der Waals surface area contributed by atoms with E-state index in [2.05, 4.69) is 67.2 Å². The van der Waals surface area contributed by atoms with E-state index in [1.165, 1.54) is 11.1 Å². The molecule has 3 nitrogen and oxygen atoms in total. The summed E-state index contributed by atoms with van der Waals surface area (Å²) in [7, 11) is 2.09. The van der Waals surface area contributed by atoms with Gasteiger partial charge in [-0.05, 0) is 28.6 Å². The van der Waals surface area contributed by atoms with E-state index in [4.69, 9.17) is 9.47 Å². The van der Waals surface area contributed by atoms with Crippen LogP contribution in [0.5, 0.6) is 11.5 Å². The molecule has 3 aromatic carbocycles. The summed E-state index contributed by atoms with van der Waals surface area (Å²) in [5.41, 5.74) is 3.55. The van der Waals surface area contributed by atoms with E-state index in [-0.39, 0.29) is 0 Å². The van der Waals surface area contributed by atoms with E-state index in [9.17, 15) is 0 Å². The lowest BCUT2D eigenvalue weighted by Gasteiger charge is -2.15. The Balaban J connectivity index is 1.69. The molecule has 1 heterocycles.